The lowest BCUT2D eigenvalue weighted by atomic mass is 10.1. The first-order valence-corrected chi connectivity index (χ1v) is 8.09. The number of ether oxygens (including phenoxy) is 2. The van der Waals surface area contributed by atoms with Crippen LogP contribution in [0.1, 0.15) is 23.1 Å². The Kier molecular flexibility index (Phi) is 5.55. The molecule has 1 aliphatic rings. The molecule has 0 fully saturated rings. The van der Waals surface area contributed by atoms with Gasteiger partial charge in [0.25, 0.3) is 0 Å². The van der Waals surface area contributed by atoms with E-state index in [9.17, 15) is 4.79 Å². The minimum absolute atomic E-state index is 0.0664. The van der Waals surface area contributed by atoms with Gasteiger partial charge in [-0.25, -0.2) is 0 Å². The second-order valence-electron chi connectivity index (χ2n) is 5.71. The molecule has 2 aromatic heterocycles. The van der Waals surface area contributed by atoms with Crippen molar-refractivity contribution in [2.75, 3.05) is 26.9 Å². The highest BCUT2D eigenvalue weighted by molar-refractivity contribution is 5.78. The van der Waals surface area contributed by atoms with Crippen molar-refractivity contribution in [3.05, 3.63) is 47.5 Å². The fourth-order valence-corrected chi connectivity index (χ4v) is 2.72. The van der Waals surface area contributed by atoms with Crippen LogP contribution in [0.15, 0.2) is 30.6 Å². The molecule has 7 heteroatoms. The van der Waals surface area contributed by atoms with Crippen molar-refractivity contribution in [3.8, 4) is 0 Å². The normalized spacial score (nSPS) is 16.6. The van der Waals surface area contributed by atoms with Crippen LogP contribution in [-0.4, -0.2) is 47.5 Å². The molecule has 7 nitrogen and oxygen atoms in total. The van der Waals surface area contributed by atoms with Crippen molar-refractivity contribution in [1.82, 2.24) is 20.1 Å². The van der Waals surface area contributed by atoms with Gasteiger partial charge < -0.3 is 14.8 Å². The van der Waals surface area contributed by atoms with Crippen molar-refractivity contribution < 1.29 is 14.3 Å². The average molecular weight is 330 g/mol. The number of nitrogens with one attached hydrogen (secondary N) is 1. The molecule has 0 spiro atoms. The van der Waals surface area contributed by atoms with Gasteiger partial charge in [-0.15, -0.1) is 0 Å². The highest BCUT2D eigenvalue weighted by Gasteiger charge is 2.25. The molecule has 128 valence electrons. The molecule has 0 saturated carbocycles. The van der Waals surface area contributed by atoms with Gasteiger partial charge in [0.15, 0.2) is 0 Å². The maximum atomic E-state index is 12.1. The monoisotopic (exact) mass is 330 g/mol. The summed E-state index contributed by atoms with van der Waals surface area (Å²) in [5.74, 6) is -0.0664. The summed E-state index contributed by atoms with van der Waals surface area (Å²) in [6.45, 7) is 2.39. The average Bonchev–Trinajstić information content (AvgIpc) is 3.02. The van der Waals surface area contributed by atoms with Crippen LogP contribution in [0, 0.1) is 0 Å². The van der Waals surface area contributed by atoms with E-state index in [2.05, 4.69) is 15.4 Å². The van der Waals surface area contributed by atoms with E-state index < -0.39 is 0 Å². The molecule has 3 heterocycles. The van der Waals surface area contributed by atoms with E-state index in [4.69, 9.17) is 9.47 Å². The fourth-order valence-electron chi connectivity index (χ4n) is 2.72. The van der Waals surface area contributed by atoms with Crippen molar-refractivity contribution in [1.29, 1.82) is 0 Å². The van der Waals surface area contributed by atoms with E-state index in [1.807, 2.05) is 29.1 Å². The first-order chi connectivity index (χ1) is 11.8. The molecular formula is C17H22N4O3. The first kappa shape index (κ1) is 16.6. The number of pyridine rings is 1. The van der Waals surface area contributed by atoms with Gasteiger partial charge in [0.2, 0.25) is 5.91 Å². The van der Waals surface area contributed by atoms with Crippen LogP contribution in [0.3, 0.4) is 0 Å². The number of rotatable bonds is 7. The quantitative estimate of drug-likeness (QED) is 0.816. The zero-order chi connectivity index (χ0) is 16.8. The maximum absolute atomic E-state index is 12.1. The second kappa shape index (κ2) is 8.03. The highest BCUT2D eigenvalue weighted by atomic mass is 16.5. The first-order valence-electron chi connectivity index (χ1n) is 8.09. The van der Waals surface area contributed by atoms with Gasteiger partial charge in [0, 0.05) is 31.7 Å². The molecule has 1 amide bonds. The summed E-state index contributed by atoms with van der Waals surface area (Å²) in [5.41, 5.74) is 2.85. The molecule has 0 saturated heterocycles. The number of nitrogens with zero attached hydrogens (tertiary/aromatic N) is 3. The van der Waals surface area contributed by atoms with Crippen molar-refractivity contribution >= 4 is 5.91 Å². The SMILES string of the molecule is COCCn1cc2c(n1)[C@H](CNC(=O)Cc1ccccn1)OCC2. The summed E-state index contributed by atoms with van der Waals surface area (Å²) in [4.78, 5) is 16.2. The molecule has 24 heavy (non-hydrogen) atoms. The molecule has 3 rings (SSSR count). The van der Waals surface area contributed by atoms with Gasteiger partial charge in [-0.05, 0) is 24.1 Å². The summed E-state index contributed by atoms with van der Waals surface area (Å²) >= 11 is 0. The number of aromatic nitrogens is 3. The molecule has 0 aromatic carbocycles. The standard InChI is InChI=1S/C17H22N4O3/c1-23-9-7-21-12-13-5-8-24-15(17(13)20-21)11-19-16(22)10-14-4-2-3-6-18-14/h2-4,6,12,15H,5,7-11H2,1H3,(H,19,22)/t15-/m0/s1. The summed E-state index contributed by atoms with van der Waals surface area (Å²) in [5, 5.41) is 7.50. The van der Waals surface area contributed by atoms with E-state index in [1.54, 1.807) is 13.3 Å². The molecule has 1 N–H and O–H groups in total. The fraction of sp³-hybridized carbons (Fsp3) is 0.471. The maximum Gasteiger partial charge on any atom is 0.226 e. The number of methoxy groups -OCH3 is 1. The topological polar surface area (TPSA) is 78.3 Å². The van der Waals surface area contributed by atoms with Gasteiger partial charge in [-0.2, -0.15) is 5.10 Å². The number of hydrogen-bond acceptors (Lipinski definition) is 5. The van der Waals surface area contributed by atoms with Crippen LogP contribution in [0.4, 0.5) is 0 Å². The third-order valence-corrected chi connectivity index (χ3v) is 3.94. The summed E-state index contributed by atoms with van der Waals surface area (Å²) < 4.78 is 12.8. The Hall–Kier alpha value is -2.25. The summed E-state index contributed by atoms with van der Waals surface area (Å²) in [6.07, 6.45) is 4.64. The predicted octanol–water partition coefficient (Wildman–Crippen LogP) is 0.897. The second-order valence-corrected chi connectivity index (χ2v) is 5.71. The predicted molar refractivity (Wildman–Crippen MR) is 87.5 cm³/mol. The van der Waals surface area contributed by atoms with Crippen LogP contribution >= 0.6 is 0 Å². The van der Waals surface area contributed by atoms with Crippen molar-refractivity contribution in [2.24, 2.45) is 0 Å². The zero-order valence-corrected chi connectivity index (χ0v) is 13.8. The summed E-state index contributed by atoms with van der Waals surface area (Å²) in [7, 11) is 1.67. The molecule has 2 aromatic rings. The third-order valence-electron chi connectivity index (χ3n) is 3.94. The van der Waals surface area contributed by atoms with Crippen molar-refractivity contribution in [2.45, 2.75) is 25.5 Å². The molecular weight excluding hydrogens is 308 g/mol. The Morgan fingerprint density at radius 1 is 1.50 bits per heavy atom. The largest absolute Gasteiger partial charge is 0.383 e. The van der Waals surface area contributed by atoms with Crippen molar-refractivity contribution in [3.63, 3.8) is 0 Å². The van der Waals surface area contributed by atoms with Crippen LogP contribution in [-0.2, 0) is 33.7 Å². The Morgan fingerprint density at radius 2 is 2.42 bits per heavy atom. The molecule has 1 atom stereocenters. The molecule has 0 radical (unpaired) electrons. The van der Waals surface area contributed by atoms with E-state index >= 15 is 0 Å². The lowest BCUT2D eigenvalue weighted by molar-refractivity contribution is -0.121. The van der Waals surface area contributed by atoms with Crippen LogP contribution in [0.5, 0.6) is 0 Å². The number of amides is 1. The Bertz CT molecular complexity index is 672. The zero-order valence-electron chi connectivity index (χ0n) is 13.8. The minimum Gasteiger partial charge on any atom is -0.383 e. The third kappa shape index (κ3) is 4.18. The van der Waals surface area contributed by atoms with Crippen LogP contribution in [0.25, 0.3) is 0 Å². The number of carbonyl (C=O) groups is 1. The smallest absolute Gasteiger partial charge is 0.226 e. The van der Waals surface area contributed by atoms with Crippen LogP contribution in [0.2, 0.25) is 0 Å². The molecule has 0 aliphatic carbocycles. The van der Waals surface area contributed by atoms with E-state index in [0.29, 0.717) is 26.3 Å². The Labute approximate surface area is 141 Å². The molecule has 0 unspecified atom stereocenters. The van der Waals surface area contributed by atoms with Crippen LogP contribution < -0.4 is 5.32 Å². The number of fused-ring (bicyclic) bond motifs is 1. The van der Waals surface area contributed by atoms with E-state index in [1.165, 1.54) is 5.56 Å². The van der Waals surface area contributed by atoms with Gasteiger partial charge >= 0.3 is 0 Å². The molecule has 0 bridgehead atoms. The van der Waals surface area contributed by atoms with Gasteiger partial charge in [-0.1, -0.05) is 6.07 Å². The molecule has 1 aliphatic heterocycles. The Morgan fingerprint density at radius 3 is 3.21 bits per heavy atom. The van der Waals surface area contributed by atoms with Gasteiger partial charge in [0.05, 0.1) is 31.9 Å². The van der Waals surface area contributed by atoms with Gasteiger partial charge in [0.1, 0.15) is 6.10 Å². The van der Waals surface area contributed by atoms with Gasteiger partial charge in [-0.3, -0.25) is 14.5 Å². The Balaban J connectivity index is 1.56. The number of hydrogen-bond donors (Lipinski definition) is 1. The summed E-state index contributed by atoms with van der Waals surface area (Å²) in [6, 6.07) is 5.55. The van der Waals surface area contributed by atoms with E-state index in [0.717, 1.165) is 17.8 Å². The number of carbonyl (C=O) groups excluding carboxylic acids is 1. The lowest BCUT2D eigenvalue weighted by Gasteiger charge is -2.22. The lowest BCUT2D eigenvalue weighted by Crippen LogP contribution is -2.33. The minimum atomic E-state index is -0.203. The van der Waals surface area contributed by atoms with E-state index in [-0.39, 0.29) is 18.4 Å². The highest BCUT2D eigenvalue weighted by Crippen LogP contribution is 2.25.